The Bertz CT molecular complexity index is 395. The first-order chi connectivity index (χ1) is 7.24. The number of aromatic nitrogens is 2. The number of hydrogen-bond acceptors (Lipinski definition) is 5. The van der Waals surface area contributed by atoms with Gasteiger partial charge < -0.3 is 9.73 Å². The summed E-state index contributed by atoms with van der Waals surface area (Å²) < 4.78 is 5.34. The molecule has 15 heavy (non-hydrogen) atoms. The maximum absolute atomic E-state index is 5.34. The highest BCUT2D eigenvalue weighted by Crippen LogP contribution is 2.11. The van der Waals surface area contributed by atoms with E-state index in [0.717, 1.165) is 23.2 Å². The smallest absolute Gasteiger partial charge is 0.208 e. The molecule has 5 heteroatoms. The predicted octanol–water partition coefficient (Wildman–Crippen LogP) is 2.04. The van der Waals surface area contributed by atoms with E-state index in [9.17, 15) is 0 Å². The summed E-state index contributed by atoms with van der Waals surface area (Å²) in [6.45, 7) is 5.37. The Morgan fingerprint density at radius 3 is 2.73 bits per heavy atom. The van der Waals surface area contributed by atoms with E-state index < -0.39 is 0 Å². The van der Waals surface area contributed by atoms with Crippen LogP contribution in [0.2, 0.25) is 0 Å². The van der Waals surface area contributed by atoms with Gasteiger partial charge in [-0.05, 0) is 13.8 Å². The van der Waals surface area contributed by atoms with Crippen LogP contribution in [-0.2, 0) is 13.1 Å². The van der Waals surface area contributed by atoms with Gasteiger partial charge in [-0.25, -0.2) is 9.97 Å². The zero-order valence-corrected chi connectivity index (χ0v) is 9.60. The Kier molecular flexibility index (Phi) is 3.13. The summed E-state index contributed by atoms with van der Waals surface area (Å²) in [7, 11) is 0. The molecule has 2 rings (SSSR count). The highest BCUT2D eigenvalue weighted by atomic mass is 32.1. The molecular formula is C10H13N3OS. The van der Waals surface area contributed by atoms with E-state index >= 15 is 0 Å². The van der Waals surface area contributed by atoms with Gasteiger partial charge in [0, 0.05) is 17.6 Å². The third-order valence-electron chi connectivity index (χ3n) is 1.91. The van der Waals surface area contributed by atoms with E-state index in [1.54, 1.807) is 17.5 Å². The van der Waals surface area contributed by atoms with Gasteiger partial charge in [0.1, 0.15) is 5.76 Å². The number of hydrogen-bond donors (Lipinski definition) is 1. The second kappa shape index (κ2) is 4.55. The number of oxazole rings is 1. The second-order valence-electron chi connectivity index (χ2n) is 3.31. The Labute approximate surface area is 92.4 Å². The molecule has 2 heterocycles. The molecule has 0 saturated heterocycles. The highest BCUT2D eigenvalue weighted by Gasteiger charge is 2.01. The van der Waals surface area contributed by atoms with Crippen LogP contribution in [0.5, 0.6) is 0 Å². The fourth-order valence-corrected chi connectivity index (χ4v) is 2.03. The Balaban J connectivity index is 1.80. The molecule has 0 aliphatic rings. The van der Waals surface area contributed by atoms with Crippen LogP contribution in [0.4, 0.5) is 0 Å². The summed E-state index contributed by atoms with van der Waals surface area (Å²) in [6, 6.07) is 0. The third-order valence-corrected chi connectivity index (χ3v) is 2.83. The van der Waals surface area contributed by atoms with Gasteiger partial charge in [0.15, 0.2) is 0 Å². The average molecular weight is 223 g/mol. The maximum Gasteiger partial charge on any atom is 0.208 e. The molecule has 80 valence electrons. The van der Waals surface area contributed by atoms with E-state index in [1.807, 2.05) is 20.0 Å². The van der Waals surface area contributed by atoms with Gasteiger partial charge in [-0.2, -0.15) is 0 Å². The fraction of sp³-hybridized carbons (Fsp3) is 0.400. The second-order valence-corrected chi connectivity index (χ2v) is 4.63. The minimum absolute atomic E-state index is 0.658. The zero-order chi connectivity index (χ0) is 10.7. The summed E-state index contributed by atoms with van der Waals surface area (Å²) in [5.41, 5.74) is 0. The van der Waals surface area contributed by atoms with Crippen molar-refractivity contribution < 1.29 is 4.42 Å². The van der Waals surface area contributed by atoms with Crippen LogP contribution in [0.3, 0.4) is 0 Å². The summed E-state index contributed by atoms with van der Waals surface area (Å²) in [5, 5.41) is 4.35. The number of rotatable bonds is 4. The number of nitrogens with one attached hydrogen (secondary N) is 1. The lowest BCUT2D eigenvalue weighted by molar-refractivity contribution is 0.449. The van der Waals surface area contributed by atoms with Crippen molar-refractivity contribution in [2.75, 3.05) is 0 Å². The van der Waals surface area contributed by atoms with Crippen LogP contribution in [0, 0.1) is 13.8 Å². The molecule has 0 aliphatic heterocycles. The summed E-state index contributed by atoms with van der Waals surface area (Å²) in [5.74, 6) is 1.58. The van der Waals surface area contributed by atoms with E-state index in [1.165, 1.54) is 4.88 Å². The van der Waals surface area contributed by atoms with Crippen LogP contribution >= 0.6 is 11.3 Å². The van der Waals surface area contributed by atoms with E-state index in [2.05, 4.69) is 15.3 Å². The van der Waals surface area contributed by atoms with E-state index in [4.69, 9.17) is 4.42 Å². The van der Waals surface area contributed by atoms with Gasteiger partial charge >= 0.3 is 0 Å². The lowest BCUT2D eigenvalue weighted by Gasteiger charge is -1.97. The van der Waals surface area contributed by atoms with Crippen molar-refractivity contribution in [3.8, 4) is 0 Å². The Hall–Kier alpha value is -1.20. The van der Waals surface area contributed by atoms with Crippen molar-refractivity contribution in [1.29, 1.82) is 0 Å². The molecule has 1 N–H and O–H groups in total. The van der Waals surface area contributed by atoms with Crippen molar-refractivity contribution in [3.63, 3.8) is 0 Å². The first-order valence-electron chi connectivity index (χ1n) is 4.77. The van der Waals surface area contributed by atoms with Gasteiger partial charge in [-0.1, -0.05) is 0 Å². The number of nitrogens with zero attached hydrogens (tertiary/aromatic N) is 2. The minimum atomic E-state index is 0.658. The van der Waals surface area contributed by atoms with Gasteiger partial charge in [0.05, 0.1) is 17.7 Å². The first kappa shape index (κ1) is 10.3. The largest absolute Gasteiger partial charge is 0.445 e. The molecule has 0 spiro atoms. The molecule has 2 aromatic rings. The van der Waals surface area contributed by atoms with E-state index in [-0.39, 0.29) is 0 Å². The molecule has 0 radical (unpaired) electrons. The zero-order valence-electron chi connectivity index (χ0n) is 8.78. The summed E-state index contributed by atoms with van der Waals surface area (Å²) in [4.78, 5) is 9.53. The van der Waals surface area contributed by atoms with Crippen LogP contribution < -0.4 is 5.32 Å². The van der Waals surface area contributed by atoms with Gasteiger partial charge in [0.25, 0.3) is 0 Å². The van der Waals surface area contributed by atoms with Crippen LogP contribution in [0.25, 0.3) is 0 Å². The van der Waals surface area contributed by atoms with Crippen molar-refractivity contribution in [3.05, 3.63) is 33.9 Å². The minimum Gasteiger partial charge on any atom is -0.445 e. The lowest BCUT2D eigenvalue weighted by Crippen LogP contribution is -2.11. The van der Waals surface area contributed by atoms with Gasteiger partial charge in [-0.3, -0.25) is 0 Å². The van der Waals surface area contributed by atoms with Crippen molar-refractivity contribution in [2.45, 2.75) is 26.9 Å². The molecular weight excluding hydrogens is 210 g/mol. The SMILES string of the molecule is Cc1cnc(CNCc2cnc(C)s2)o1. The van der Waals surface area contributed by atoms with Crippen LogP contribution in [-0.4, -0.2) is 9.97 Å². The standard InChI is InChI=1S/C10H13N3OS/c1-7-3-13-10(14-7)6-11-4-9-5-12-8(2)15-9/h3,5,11H,4,6H2,1-2H3. The molecule has 0 aromatic carbocycles. The predicted molar refractivity (Wildman–Crippen MR) is 58.6 cm³/mol. The number of aryl methyl sites for hydroxylation is 2. The molecule has 4 nitrogen and oxygen atoms in total. The van der Waals surface area contributed by atoms with Crippen molar-refractivity contribution in [2.24, 2.45) is 0 Å². The molecule has 0 atom stereocenters. The maximum atomic E-state index is 5.34. The first-order valence-corrected chi connectivity index (χ1v) is 5.59. The topological polar surface area (TPSA) is 51.0 Å². The van der Waals surface area contributed by atoms with Crippen molar-refractivity contribution >= 4 is 11.3 Å². The quantitative estimate of drug-likeness (QED) is 0.861. The average Bonchev–Trinajstić information content (AvgIpc) is 2.76. The van der Waals surface area contributed by atoms with Crippen molar-refractivity contribution in [1.82, 2.24) is 15.3 Å². The summed E-state index contributed by atoms with van der Waals surface area (Å²) >= 11 is 1.70. The lowest BCUT2D eigenvalue weighted by atomic mass is 10.5. The molecule has 2 aromatic heterocycles. The molecule has 0 amide bonds. The summed E-state index contributed by atoms with van der Waals surface area (Å²) in [6.07, 6.45) is 3.63. The number of thiazole rings is 1. The monoisotopic (exact) mass is 223 g/mol. The molecule has 0 saturated carbocycles. The molecule has 0 bridgehead atoms. The Morgan fingerprint density at radius 2 is 2.13 bits per heavy atom. The third kappa shape index (κ3) is 2.87. The van der Waals surface area contributed by atoms with Gasteiger partial charge in [0.2, 0.25) is 5.89 Å². The van der Waals surface area contributed by atoms with Crippen LogP contribution in [0.15, 0.2) is 16.8 Å². The van der Waals surface area contributed by atoms with Gasteiger partial charge in [-0.15, -0.1) is 11.3 Å². The fourth-order valence-electron chi connectivity index (χ4n) is 1.26. The molecule has 0 unspecified atom stereocenters. The van der Waals surface area contributed by atoms with E-state index in [0.29, 0.717) is 6.54 Å². The Morgan fingerprint density at radius 1 is 1.27 bits per heavy atom. The molecule has 0 aliphatic carbocycles. The normalized spacial score (nSPS) is 10.8. The molecule has 0 fully saturated rings. The van der Waals surface area contributed by atoms with Crippen LogP contribution in [0.1, 0.15) is 21.5 Å². The highest BCUT2D eigenvalue weighted by molar-refractivity contribution is 7.11.